The van der Waals surface area contributed by atoms with Gasteiger partial charge in [-0.3, -0.25) is 4.99 Å². The molecule has 0 saturated carbocycles. The first kappa shape index (κ1) is 24.1. The fraction of sp³-hybridized carbons (Fsp3) is 0.650. The number of ether oxygens (including phenoxy) is 1. The number of nitrogens with one attached hydrogen (secondary N) is 2. The molecule has 1 aliphatic rings. The standard InChI is InChI=1S/C20H34N4O2.HI/c1-3-21-20(22-16-19(25)15-17-7-5-4-6-8-17)23-18-9-11-24(12-10-18)13-14-26-2;/h4-8,18-19,25H,3,9-16H2,1-2H3,(H2,21,22,23);1H. The molecular weight excluding hydrogens is 455 g/mol. The van der Waals surface area contributed by atoms with Crippen molar-refractivity contribution < 1.29 is 9.84 Å². The Morgan fingerprint density at radius 2 is 2.00 bits per heavy atom. The van der Waals surface area contributed by atoms with Gasteiger partial charge in [-0.1, -0.05) is 30.3 Å². The molecule has 1 heterocycles. The Bertz CT molecular complexity index is 522. The van der Waals surface area contributed by atoms with Crippen molar-refractivity contribution in [3.05, 3.63) is 35.9 Å². The number of rotatable bonds is 9. The summed E-state index contributed by atoms with van der Waals surface area (Å²) in [5, 5.41) is 17.1. The Morgan fingerprint density at radius 1 is 1.30 bits per heavy atom. The number of hydrogen-bond donors (Lipinski definition) is 3. The summed E-state index contributed by atoms with van der Waals surface area (Å²) in [7, 11) is 1.75. The topological polar surface area (TPSA) is 69.1 Å². The van der Waals surface area contributed by atoms with Crippen molar-refractivity contribution in [2.24, 2.45) is 4.99 Å². The van der Waals surface area contributed by atoms with Gasteiger partial charge in [0, 0.05) is 45.8 Å². The number of benzene rings is 1. The van der Waals surface area contributed by atoms with Crippen molar-refractivity contribution in [3.8, 4) is 0 Å². The Morgan fingerprint density at radius 3 is 2.63 bits per heavy atom. The van der Waals surface area contributed by atoms with E-state index in [2.05, 4.69) is 27.4 Å². The van der Waals surface area contributed by atoms with Crippen LogP contribution < -0.4 is 10.6 Å². The van der Waals surface area contributed by atoms with Gasteiger partial charge < -0.3 is 25.4 Å². The molecule has 2 rings (SSSR count). The molecule has 27 heavy (non-hydrogen) atoms. The van der Waals surface area contributed by atoms with E-state index in [1.165, 1.54) is 0 Å². The van der Waals surface area contributed by atoms with Crippen LogP contribution in [0, 0.1) is 0 Å². The number of piperidine rings is 1. The molecular formula is C20H35IN4O2. The van der Waals surface area contributed by atoms with Gasteiger partial charge in [0.1, 0.15) is 0 Å². The van der Waals surface area contributed by atoms with E-state index in [1.54, 1.807) is 7.11 Å². The van der Waals surface area contributed by atoms with Gasteiger partial charge in [-0.2, -0.15) is 0 Å². The van der Waals surface area contributed by atoms with Crippen molar-refractivity contribution in [1.82, 2.24) is 15.5 Å². The maximum atomic E-state index is 10.3. The smallest absolute Gasteiger partial charge is 0.191 e. The van der Waals surface area contributed by atoms with Gasteiger partial charge in [0.2, 0.25) is 0 Å². The zero-order valence-corrected chi connectivity index (χ0v) is 18.9. The average molecular weight is 490 g/mol. The third-order valence-corrected chi connectivity index (χ3v) is 4.66. The highest BCUT2D eigenvalue weighted by Gasteiger charge is 2.19. The van der Waals surface area contributed by atoms with Gasteiger partial charge in [-0.05, 0) is 25.3 Å². The number of halogens is 1. The van der Waals surface area contributed by atoms with Crippen LogP contribution in [0.3, 0.4) is 0 Å². The molecule has 1 atom stereocenters. The van der Waals surface area contributed by atoms with Crippen molar-refractivity contribution in [2.75, 3.05) is 46.4 Å². The van der Waals surface area contributed by atoms with E-state index in [0.717, 1.165) is 57.2 Å². The summed E-state index contributed by atoms with van der Waals surface area (Å²) in [5.41, 5.74) is 1.14. The highest BCUT2D eigenvalue weighted by molar-refractivity contribution is 14.0. The summed E-state index contributed by atoms with van der Waals surface area (Å²) in [6, 6.07) is 10.5. The molecule has 1 aliphatic heterocycles. The Balaban J connectivity index is 0.00000364. The number of methoxy groups -OCH3 is 1. The molecule has 1 saturated heterocycles. The summed E-state index contributed by atoms with van der Waals surface area (Å²) >= 11 is 0. The minimum absolute atomic E-state index is 0. The summed E-state index contributed by atoms with van der Waals surface area (Å²) in [4.78, 5) is 7.02. The second-order valence-corrected chi connectivity index (χ2v) is 6.82. The van der Waals surface area contributed by atoms with Gasteiger partial charge in [0.15, 0.2) is 5.96 Å². The van der Waals surface area contributed by atoms with Crippen LogP contribution in [0.25, 0.3) is 0 Å². The van der Waals surface area contributed by atoms with Gasteiger partial charge in [0.25, 0.3) is 0 Å². The molecule has 1 aromatic carbocycles. The summed E-state index contributed by atoms with van der Waals surface area (Å²) in [5.74, 6) is 0.801. The third kappa shape index (κ3) is 9.73. The van der Waals surface area contributed by atoms with Gasteiger partial charge in [0.05, 0.1) is 19.3 Å². The molecule has 0 aromatic heterocycles. The summed E-state index contributed by atoms with van der Waals surface area (Å²) < 4.78 is 5.15. The quantitative estimate of drug-likeness (QED) is 0.280. The lowest BCUT2D eigenvalue weighted by atomic mass is 10.1. The van der Waals surface area contributed by atoms with Crippen LogP contribution in [0.2, 0.25) is 0 Å². The first-order chi connectivity index (χ1) is 12.7. The molecule has 0 spiro atoms. The number of hydrogen-bond acceptors (Lipinski definition) is 4. The normalized spacial score (nSPS) is 17.2. The maximum Gasteiger partial charge on any atom is 0.191 e. The molecule has 6 nitrogen and oxygen atoms in total. The van der Waals surface area contributed by atoms with E-state index in [1.807, 2.05) is 30.3 Å². The van der Waals surface area contributed by atoms with E-state index in [4.69, 9.17) is 4.74 Å². The second-order valence-electron chi connectivity index (χ2n) is 6.82. The molecule has 0 bridgehead atoms. The van der Waals surface area contributed by atoms with Crippen molar-refractivity contribution >= 4 is 29.9 Å². The highest BCUT2D eigenvalue weighted by atomic mass is 127. The van der Waals surface area contributed by atoms with Crippen LogP contribution in [0.1, 0.15) is 25.3 Å². The number of aliphatic hydroxyl groups excluding tert-OH is 1. The van der Waals surface area contributed by atoms with E-state index in [-0.39, 0.29) is 24.0 Å². The zero-order chi connectivity index (χ0) is 18.6. The predicted octanol–water partition coefficient (Wildman–Crippen LogP) is 1.87. The van der Waals surface area contributed by atoms with Crippen LogP contribution >= 0.6 is 24.0 Å². The first-order valence-corrected chi connectivity index (χ1v) is 9.69. The minimum Gasteiger partial charge on any atom is -0.391 e. The van der Waals surface area contributed by atoms with E-state index in [0.29, 0.717) is 19.0 Å². The lowest BCUT2D eigenvalue weighted by molar-refractivity contribution is 0.128. The van der Waals surface area contributed by atoms with E-state index < -0.39 is 6.10 Å². The lowest BCUT2D eigenvalue weighted by Gasteiger charge is -2.32. The van der Waals surface area contributed by atoms with Crippen LogP contribution in [0.5, 0.6) is 0 Å². The van der Waals surface area contributed by atoms with Crippen LogP contribution in [0.4, 0.5) is 0 Å². The first-order valence-electron chi connectivity index (χ1n) is 9.69. The molecule has 0 radical (unpaired) electrons. The van der Waals surface area contributed by atoms with E-state index in [9.17, 15) is 5.11 Å². The Hall–Kier alpha value is -0.900. The maximum absolute atomic E-state index is 10.3. The van der Waals surface area contributed by atoms with E-state index >= 15 is 0 Å². The van der Waals surface area contributed by atoms with Gasteiger partial charge >= 0.3 is 0 Å². The van der Waals surface area contributed by atoms with Crippen molar-refractivity contribution in [1.29, 1.82) is 0 Å². The number of likely N-dealkylation sites (tertiary alicyclic amines) is 1. The number of guanidine groups is 1. The fourth-order valence-corrected chi connectivity index (χ4v) is 3.18. The third-order valence-electron chi connectivity index (χ3n) is 4.66. The minimum atomic E-state index is -0.469. The lowest BCUT2D eigenvalue weighted by Crippen LogP contribution is -2.49. The predicted molar refractivity (Wildman–Crippen MR) is 122 cm³/mol. The molecule has 1 aromatic rings. The molecule has 1 fully saturated rings. The zero-order valence-electron chi connectivity index (χ0n) is 16.6. The summed E-state index contributed by atoms with van der Waals surface area (Å²) in [6.45, 7) is 7.23. The summed E-state index contributed by atoms with van der Waals surface area (Å²) in [6.07, 6.45) is 2.35. The monoisotopic (exact) mass is 490 g/mol. The SMILES string of the molecule is CCNC(=NCC(O)Cc1ccccc1)NC1CCN(CCOC)CC1.I. The molecule has 0 aliphatic carbocycles. The molecule has 154 valence electrons. The molecule has 3 N–H and O–H groups in total. The Kier molecular flexibility index (Phi) is 12.6. The Labute approximate surface area is 180 Å². The van der Waals surface area contributed by atoms with Crippen LogP contribution in [-0.2, 0) is 11.2 Å². The van der Waals surface area contributed by atoms with Crippen molar-refractivity contribution in [2.45, 2.75) is 38.3 Å². The van der Waals surface area contributed by atoms with Crippen LogP contribution in [-0.4, -0.2) is 74.6 Å². The van der Waals surface area contributed by atoms with Gasteiger partial charge in [-0.15, -0.1) is 24.0 Å². The second kappa shape index (κ2) is 14.1. The molecule has 7 heteroatoms. The van der Waals surface area contributed by atoms with Gasteiger partial charge in [-0.25, -0.2) is 0 Å². The largest absolute Gasteiger partial charge is 0.391 e. The molecule has 1 unspecified atom stereocenters. The molecule has 0 amide bonds. The van der Waals surface area contributed by atoms with Crippen molar-refractivity contribution in [3.63, 3.8) is 0 Å². The number of aliphatic hydroxyl groups is 1. The fourth-order valence-electron chi connectivity index (χ4n) is 3.18. The van der Waals surface area contributed by atoms with Crippen LogP contribution in [0.15, 0.2) is 35.3 Å². The highest BCUT2D eigenvalue weighted by Crippen LogP contribution is 2.10. The number of aliphatic imine (C=N–C) groups is 1. The number of nitrogens with zero attached hydrogens (tertiary/aromatic N) is 2. The average Bonchev–Trinajstić information content (AvgIpc) is 2.66.